The summed E-state index contributed by atoms with van der Waals surface area (Å²) in [6.45, 7) is 18.2. The molecule has 3 N–H and O–H groups in total. The number of nitrogens with zero attached hydrogens (tertiary/aromatic N) is 9. The van der Waals surface area contributed by atoms with Gasteiger partial charge in [0.25, 0.3) is 11.5 Å². The summed E-state index contributed by atoms with van der Waals surface area (Å²) in [5.41, 5.74) is 8.25. The lowest BCUT2D eigenvalue weighted by Crippen LogP contribution is -2.55. The zero-order valence-electron chi connectivity index (χ0n) is 53.3. The third kappa shape index (κ3) is 16.3. The van der Waals surface area contributed by atoms with Gasteiger partial charge in [0.1, 0.15) is 29.3 Å². The lowest BCUT2D eigenvalue weighted by molar-refractivity contribution is -0.143. The molecule has 10 rings (SSSR count). The Morgan fingerprint density at radius 1 is 0.800 bits per heavy atom. The third-order valence-electron chi connectivity index (χ3n) is 18.2. The molecule has 482 valence electrons. The predicted molar refractivity (Wildman–Crippen MR) is 351 cm³/mol. The Labute approximate surface area is 533 Å². The Morgan fingerprint density at radius 3 is 2.17 bits per heavy atom. The van der Waals surface area contributed by atoms with Crippen LogP contribution in [0.15, 0.2) is 77.3 Å². The van der Waals surface area contributed by atoms with E-state index in [4.69, 9.17) is 24.2 Å². The molecule has 6 aromatic rings. The number of fused-ring (bicyclic) bond motifs is 2. The van der Waals surface area contributed by atoms with Crippen LogP contribution in [0.4, 0.5) is 17.5 Å². The molecular weight excluding hydrogens is 1160 g/mol. The van der Waals surface area contributed by atoms with Gasteiger partial charge >= 0.3 is 0 Å². The fourth-order valence-electron chi connectivity index (χ4n) is 13.3. The maximum Gasteiger partial charge on any atom is 0.263 e. The van der Waals surface area contributed by atoms with Crippen molar-refractivity contribution in [2.45, 2.75) is 168 Å². The number of likely N-dealkylation sites (tertiary alicyclic amines) is 1. The van der Waals surface area contributed by atoms with Gasteiger partial charge in [0.05, 0.1) is 46.2 Å². The van der Waals surface area contributed by atoms with Crippen molar-refractivity contribution in [3.8, 4) is 16.2 Å². The molecule has 7 heterocycles. The average Bonchev–Trinajstić information content (AvgIpc) is 1.02. The van der Waals surface area contributed by atoms with Crippen LogP contribution in [0.25, 0.3) is 21.5 Å². The van der Waals surface area contributed by atoms with Crippen molar-refractivity contribution < 1.29 is 38.5 Å². The Bertz CT molecular complexity index is 3470. The number of aryl methyl sites for hydroxylation is 2. The zero-order chi connectivity index (χ0) is 63.1. The number of aliphatic hydroxyl groups is 1. The number of carbonyl (C=O) groups excluding carboxylic acids is 4. The number of ketones is 1. The highest BCUT2D eigenvalue weighted by Gasteiger charge is 2.46. The number of nitrogens with one attached hydrogen (secondary N) is 2. The van der Waals surface area contributed by atoms with Gasteiger partial charge in [-0.05, 0) is 138 Å². The van der Waals surface area contributed by atoms with Crippen LogP contribution >= 0.6 is 11.3 Å². The van der Waals surface area contributed by atoms with Crippen LogP contribution in [-0.4, -0.2) is 158 Å². The van der Waals surface area contributed by atoms with Crippen molar-refractivity contribution in [3.05, 3.63) is 116 Å². The van der Waals surface area contributed by atoms with E-state index in [2.05, 4.69) is 36.5 Å². The quantitative estimate of drug-likeness (QED) is 0.0264. The molecule has 3 aliphatic heterocycles. The molecule has 0 radical (unpaired) electrons. The van der Waals surface area contributed by atoms with Crippen LogP contribution in [0.2, 0.25) is 0 Å². The van der Waals surface area contributed by atoms with Crippen molar-refractivity contribution in [2.24, 2.45) is 5.92 Å². The van der Waals surface area contributed by atoms with Crippen LogP contribution in [0.3, 0.4) is 0 Å². The van der Waals surface area contributed by atoms with Crippen molar-refractivity contribution >= 4 is 63.3 Å². The van der Waals surface area contributed by atoms with E-state index >= 15 is 0 Å². The van der Waals surface area contributed by atoms with E-state index in [0.717, 1.165) is 162 Å². The van der Waals surface area contributed by atoms with Crippen LogP contribution in [0.5, 0.6) is 5.75 Å². The number of β-amino-alcohol motifs (C(OH)–C–C–N with tert-alkyl or cyclic N) is 1. The van der Waals surface area contributed by atoms with Crippen LogP contribution in [0.1, 0.15) is 166 Å². The number of amides is 3. The Hall–Kier alpha value is -7.17. The first-order valence-corrected chi connectivity index (χ1v) is 33.7. The standard InChI is InChI=1S/C69H91N11O9S/c1-46(2)62(79-43-52-20-10-13-23-56(52)66(79)84)68(86)78-44-55(82)39-58(78)65(83)71-40-51-25-24-50(63-48(4)73-45-90-63)38-59(51)89-37-19-9-18-36-88-35-17-8-16-34-87-33-15-7-6-14-28-76-29-31-77(32-30-76)54-26-27-60(70-41-54)74-69-72-42-57-47(3)61(49(5)81)67(85)80(64(57)75-69)53-21-11-12-22-53/h10,13,20,23-27,38,41-42,45-46,53,55,58,62,82H,6-9,11-12,14-19,21-22,28-37,39-40,43-44H2,1-5H3,(H,71,83)(H,70,72,74,75). The topological polar surface area (TPSA) is 227 Å². The number of aliphatic hydroxyl groups excluding tert-OH is 1. The van der Waals surface area contributed by atoms with Gasteiger partial charge in [-0.25, -0.2) is 15.0 Å². The zero-order valence-corrected chi connectivity index (χ0v) is 54.1. The summed E-state index contributed by atoms with van der Waals surface area (Å²) in [6.07, 6.45) is 17.3. The summed E-state index contributed by atoms with van der Waals surface area (Å²) in [6, 6.07) is 15.8. The second kappa shape index (κ2) is 31.7. The maximum atomic E-state index is 14.3. The molecular formula is C69H91N11O9S. The van der Waals surface area contributed by atoms with Gasteiger partial charge in [0.2, 0.25) is 17.8 Å². The molecule has 3 atom stereocenters. The first kappa shape index (κ1) is 65.8. The molecule has 3 unspecified atom stereocenters. The maximum absolute atomic E-state index is 14.3. The SMILES string of the molecule is CC(=O)c1c(C)c2cnc(Nc3ccc(N4CCN(CCCCCCOCCCCCOCCCCCOc5cc(-c6scnc6C)ccc5CNC(=O)C5CC(O)CN5C(=O)C(C(C)C)N5Cc6ccccc6C5=O)CC4)cn3)nc2n(C2CCCC2)c1=O. The second-order valence-electron chi connectivity index (χ2n) is 25.0. The molecule has 0 spiro atoms. The molecule has 2 saturated heterocycles. The summed E-state index contributed by atoms with van der Waals surface area (Å²) in [5, 5.41) is 17.8. The van der Waals surface area contributed by atoms with E-state index in [9.17, 15) is 29.1 Å². The number of hydrogen-bond donors (Lipinski definition) is 3. The Morgan fingerprint density at radius 2 is 1.50 bits per heavy atom. The molecule has 2 aromatic carbocycles. The van der Waals surface area contributed by atoms with E-state index in [0.29, 0.717) is 54.0 Å². The first-order valence-electron chi connectivity index (χ1n) is 32.8. The van der Waals surface area contributed by atoms with Gasteiger partial charge in [0, 0.05) is 107 Å². The lowest BCUT2D eigenvalue weighted by Gasteiger charge is -2.36. The van der Waals surface area contributed by atoms with Crippen molar-refractivity contribution in [1.82, 2.24) is 44.5 Å². The molecule has 21 heteroatoms. The Balaban J connectivity index is 0.554. The van der Waals surface area contributed by atoms with Crippen LogP contribution in [0, 0.1) is 19.8 Å². The van der Waals surface area contributed by atoms with E-state index in [-0.39, 0.29) is 66.1 Å². The highest BCUT2D eigenvalue weighted by Crippen LogP contribution is 2.35. The van der Waals surface area contributed by atoms with Gasteiger partial charge in [0.15, 0.2) is 5.78 Å². The predicted octanol–water partition coefficient (Wildman–Crippen LogP) is 10.4. The summed E-state index contributed by atoms with van der Waals surface area (Å²) < 4.78 is 20.1. The van der Waals surface area contributed by atoms with Gasteiger partial charge < -0.3 is 44.7 Å². The summed E-state index contributed by atoms with van der Waals surface area (Å²) >= 11 is 1.57. The fraction of sp³-hybridized carbons (Fsp3) is 0.551. The smallest absolute Gasteiger partial charge is 0.263 e. The Kier molecular flexibility index (Phi) is 23.2. The minimum absolute atomic E-state index is 0.0181. The van der Waals surface area contributed by atoms with Crippen LogP contribution < -0.4 is 25.8 Å². The number of carbonyl (C=O) groups is 4. The number of unbranched alkanes of at least 4 members (excludes halogenated alkanes) is 7. The third-order valence-corrected chi connectivity index (χ3v) is 19.2. The summed E-state index contributed by atoms with van der Waals surface area (Å²) in [4.78, 5) is 95.5. The fourth-order valence-corrected chi connectivity index (χ4v) is 14.1. The highest BCUT2D eigenvalue weighted by molar-refractivity contribution is 7.13. The molecule has 90 heavy (non-hydrogen) atoms. The molecule has 1 aliphatic carbocycles. The molecule has 1 saturated carbocycles. The molecule has 3 amide bonds. The first-order chi connectivity index (χ1) is 43.7. The monoisotopic (exact) mass is 1250 g/mol. The van der Waals surface area contributed by atoms with Gasteiger partial charge in [-0.3, -0.25) is 33.4 Å². The number of Topliss-reactive ketones (excluding diaryl/α,β-unsaturated/α-hetero) is 1. The van der Waals surface area contributed by atoms with Crippen molar-refractivity contribution in [3.63, 3.8) is 0 Å². The number of ether oxygens (including phenoxy) is 3. The number of anilines is 3. The molecule has 3 fully saturated rings. The molecule has 20 nitrogen and oxygen atoms in total. The van der Waals surface area contributed by atoms with E-state index in [1.54, 1.807) is 40.0 Å². The number of thiazole rings is 1. The molecule has 0 bridgehead atoms. The molecule has 4 aromatic heterocycles. The van der Waals surface area contributed by atoms with E-state index < -0.39 is 18.2 Å². The average molecular weight is 1250 g/mol. The van der Waals surface area contributed by atoms with Gasteiger partial charge in [-0.15, -0.1) is 11.3 Å². The number of piperazine rings is 1. The largest absolute Gasteiger partial charge is 0.493 e. The number of aromatic nitrogens is 5. The normalized spacial score (nSPS) is 17.5. The number of hydrogen-bond acceptors (Lipinski definition) is 17. The lowest BCUT2D eigenvalue weighted by atomic mass is 10.0. The molecule has 4 aliphatic rings. The van der Waals surface area contributed by atoms with Gasteiger partial charge in [-0.2, -0.15) is 4.98 Å². The number of rotatable bonds is 32. The highest BCUT2D eigenvalue weighted by atomic mass is 32.1. The summed E-state index contributed by atoms with van der Waals surface area (Å²) in [5.74, 6) is 0.323. The minimum Gasteiger partial charge on any atom is -0.493 e. The number of pyridine rings is 2. The van der Waals surface area contributed by atoms with Gasteiger partial charge in [-0.1, -0.05) is 69.9 Å². The van der Waals surface area contributed by atoms with E-state index in [1.807, 2.05) is 74.9 Å². The number of benzene rings is 2. The van der Waals surface area contributed by atoms with Crippen molar-refractivity contribution in [1.29, 1.82) is 0 Å². The minimum atomic E-state index is -0.883. The van der Waals surface area contributed by atoms with Crippen molar-refractivity contribution in [2.75, 3.05) is 82.5 Å². The van der Waals surface area contributed by atoms with Crippen LogP contribution in [-0.2, 0) is 32.2 Å². The summed E-state index contributed by atoms with van der Waals surface area (Å²) in [7, 11) is 0. The second-order valence-corrected chi connectivity index (χ2v) is 25.9. The van der Waals surface area contributed by atoms with E-state index in [1.165, 1.54) is 31.1 Å².